The zero-order chi connectivity index (χ0) is 20.6. The summed E-state index contributed by atoms with van der Waals surface area (Å²) in [5, 5.41) is 7.59. The Hall–Kier alpha value is -2.82. The van der Waals surface area contributed by atoms with E-state index in [2.05, 4.69) is 45.3 Å². The third kappa shape index (κ3) is 6.09. The normalized spacial score (nSPS) is 14.9. The minimum atomic E-state index is 0.566. The fourth-order valence-corrected chi connectivity index (χ4v) is 3.56. The molecule has 3 aromatic rings. The molecule has 0 spiro atoms. The van der Waals surface area contributed by atoms with Crippen molar-refractivity contribution in [1.82, 2.24) is 9.91 Å². The number of rotatable bonds is 7. The lowest BCUT2D eigenvalue weighted by Crippen LogP contribution is -2.43. The van der Waals surface area contributed by atoms with Crippen molar-refractivity contribution in [1.29, 1.82) is 0 Å². The smallest absolute Gasteiger partial charge is 0.120 e. The van der Waals surface area contributed by atoms with Crippen molar-refractivity contribution in [3.63, 3.8) is 0 Å². The standard InChI is InChI=1S/C25H26ClN3O/c26-24-11-9-21(10-12-24)19-28-13-15-29(16-14-28)27-18-23-7-4-8-25(17-23)30-20-22-5-2-1-3-6-22/h1-12,17-18H,13-16,19-20H2/b27-18-. The van der Waals surface area contributed by atoms with Crippen molar-refractivity contribution < 1.29 is 4.74 Å². The van der Waals surface area contributed by atoms with Crippen LogP contribution < -0.4 is 4.74 Å². The maximum Gasteiger partial charge on any atom is 0.120 e. The maximum atomic E-state index is 5.97. The van der Waals surface area contributed by atoms with Gasteiger partial charge in [0.15, 0.2) is 0 Å². The predicted molar refractivity (Wildman–Crippen MR) is 123 cm³/mol. The van der Waals surface area contributed by atoms with E-state index in [0.717, 1.165) is 54.6 Å². The highest BCUT2D eigenvalue weighted by atomic mass is 35.5. The second-order valence-electron chi connectivity index (χ2n) is 7.45. The molecule has 3 aromatic carbocycles. The zero-order valence-electron chi connectivity index (χ0n) is 17.0. The molecule has 1 fully saturated rings. The van der Waals surface area contributed by atoms with E-state index in [0.29, 0.717) is 6.61 Å². The van der Waals surface area contributed by atoms with Crippen LogP contribution >= 0.6 is 11.6 Å². The molecule has 0 aromatic heterocycles. The minimum Gasteiger partial charge on any atom is -0.489 e. The average molecular weight is 420 g/mol. The number of benzene rings is 3. The van der Waals surface area contributed by atoms with E-state index >= 15 is 0 Å². The van der Waals surface area contributed by atoms with Crippen molar-refractivity contribution in [3.8, 4) is 5.75 Å². The topological polar surface area (TPSA) is 28.1 Å². The van der Waals surface area contributed by atoms with Gasteiger partial charge in [-0.25, -0.2) is 0 Å². The third-order valence-corrected chi connectivity index (χ3v) is 5.40. The van der Waals surface area contributed by atoms with Gasteiger partial charge in [0.05, 0.1) is 6.21 Å². The summed E-state index contributed by atoms with van der Waals surface area (Å²) in [6.07, 6.45) is 1.92. The summed E-state index contributed by atoms with van der Waals surface area (Å²) in [7, 11) is 0. The number of halogens is 1. The van der Waals surface area contributed by atoms with Crippen LogP contribution in [0.2, 0.25) is 5.02 Å². The van der Waals surface area contributed by atoms with Crippen LogP contribution in [0.5, 0.6) is 5.75 Å². The van der Waals surface area contributed by atoms with E-state index in [1.165, 1.54) is 5.56 Å². The van der Waals surface area contributed by atoms with Gasteiger partial charge in [0.2, 0.25) is 0 Å². The van der Waals surface area contributed by atoms with Gasteiger partial charge in [-0.05, 0) is 41.0 Å². The van der Waals surface area contributed by atoms with Crippen molar-refractivity contribution in [2.45, 2.75) is 13.2 Å². The largest absolute Gasteiger partial charge is 0.489 e. The summed E-state index contributed by atoms with van der Waals surface area (Å²) in [5.41, 5.74) is 3.50. The first-order valence-electron chi connectivity index (χ1n) is 10.3. The summed E-state index contributed by atoms with van der Waals surface area (Å²) < 4.78 is 5.91. The second kappa shape index (κ2) is 10.3. The van der Waals surface area contributed by atoms with Gasteiger partial charge in [-0.15, -0.1) is 0 Å². The fourth-order valence-electron chi connectivity index (χ4n) is 3.43. The molecule has 30 heavy (non-hydrogen) atoms. The second-order valence-corrected chi connectivity index (χ2v) is 7.88. The monoisotopic (exact) mass is 419 g/mol. The molecule has 1 aliphatic heterocycles. The third-order valence-electron chi connectivity index (χ3n) is 5.14. The molecule has 0 radical (unpaired) electrons. The Bertz CT molecular complexity index is 952. The van der Waals surface area contributed by atoms with Crippen molar-refractivity contribution in [3.05, 3.63) is 101 Å². The first kappa shape index (κ1) is 20.5. The van der Waals surface area contributed by atoms with Crippen molar-refractivity contribution >= 4 is 17.8 Å². The molecule has 0 unspecified atom stereocenters. The van der Waals surface area contributed by atoms with E-state index in [1.54, 1.807) is 0 Å². The molecular formula is C25H26ClN3O. The molecule has 154 valence electrons. The summed E-state index contributed by atoms with van der Waals surface area (Å²) in [6, 6.07) is 26.4. The summed E-state index contributed by atoms with van der Waals surface area (Å²) in [4.78, 5) is 2.45. The van der Waals surface area contributed by atoms with Gasteiger partial charge in [-0.1, -0.05) is 66.2 Å². The summed E-state index contributed by atoms with van der Waals surface area (Å²) >= 11 is 5.97. The lowest BCUT2D eigenvalue weighted by molar-refractivity contribution is 0.131. The van der Waals surface area contributed by atoms with Gasteiger partial charge in [0.25, 0.3) is 0 Å². The molecule has 0 amide bonds. The van der Waals surface area contributed by atoms with Crippen LogP contribution in [-0.4, -0.2) is 42.3 Å². The first-order valence-corrected chi connectivity index (χ1v) is 10.6. The molecular weight excluding hydrogens is 394 g/mol. The van der Waals surface area contributed by atoms with Gasteiger partial charge < -0.3 is 4.74 Å². The molecule has 5 heteroatoms. The zero-order valence-corrected chi connectivity index (χ0v) is 17.7. The molecule has 4 nitrogen and oxygen atoms in total. The quantitative estimate of drug-likeness (QED) is 0.500. The van der Waals surface area contributed by atoms with E-state index in [4.69, 9.17) is 16.3 Å². The van der Waals surface area contributed by atoms with Crippen molar-refractivity contribution in [2.75, 3.05) is 26.2 Å². The maximum absolute atomic E-state index is 5.97. The Labute approximate surface area is 183 Å². The van der Waals surface area contributed by atoms with Gasteiger partial charge in [-0.2, -0.15) is 5.10 Å². The minimum absolute atomic E-state index is 0.566. The fraction of sp³-hybridized carbons (Fsp3) is 0.240. The van der Waals surface area contributed by atoms with Crippen LogP contribution in [0.3, 0.4) is 0 Å². The molecule has 1 heterocycles. The molecule has 4 rings (SSSR count). The lowest BCUT2D eigenvalue weighted by Gasteiger charge is -2.33. The van der Waals surface area contributed by atoms with Crippen LogP contribution in [0.1, 0.15) is 16.7 Å². The number of piperazine rings is 1. The van der Waals surface area contributed by atoms with E-state index in [9.17, 15) is 0 Å². The van der Waals surface area contributed by atoms with Crippen LogP contribution in [0, 0.1) is 0 Å². The van der Waals surface area contributed by atoms with Gasteiger partial charge in [-0.3, -0.25) is 9.91 Å². The Morgan fingerprint density at radius 3 is 2.37 bits per heavy atom. The lowest BCUT2D eigenvalue weighted by atomic mass is 10.2. The number of hydrazone groups is 1. The Morgan fingerprint density at radius 2 is 1.60 bits per heavy atom. The van der Waals surface area contributed by atoms with E-state index < -0.39 is 0 Å². The number of nitrogens with zero attached hydrogens (tertiary/aromatic N) is 3. The number of ether oxygens (including phenoxy) is 1. The molecule has 0 saturated carbocycles. The first-order chi connectivity index (χ1) is 14.7. The number of hydrogen-bond donors (Lipinski definition) is 0. The molecule has 0 bridgehead atoms. The van der Waals surface area contributed by atoms with Crippen LogP contribution in [0.4, 0.5) is 0 Å². The molecule has 0 aliphatic carbocycles. The van der Waals surface area contributed by atoms with Crippen LogP contribution in [0.25, 0.3) is 0 Å². The Morgan fingerprint density at radius 1 is 0.833 bits per heavy atom. The Kier molecular flexibility index (Phi) is 7.01. The van der Waals surface area contributed by atoms with Crippen LogP contribution in [0.15, 0.2) is 84.0 Å². The van der Waals surface area contributed by atoms with E-state index in [-0.39, 0.29) is 0 Å². The highest BCUT2D eigenvalue weighted by Crippen LogP contribution is 2.15. The molecule has 1 saturated heterocycles. The van der Waals surface area contributed by atoms with Crippen molar-refractivity contribution in [2.24, 2.45) is 5.10 Å². The molecule has 1 aliphatic rings. The summed E-state index contributed by atoms with van der Waals surface area (Å²) in [6.45, 7) is 5.37. The summed E-state index contributed by atoms with van der Waals surface area (Å²) in [5.74, 6) is 0.857. The predicted octanol–water partition coefficient (Wildman–Crippen LogP) is 5.07. The Balaban J connectivity index is 1.25. The molecule has 0 N–H and O–H groups in total. The van der Waals surface area contributed by atoms with Gasteiger partial charge in [0.1, 0.15) is 12.4 Å². The SMILES string of the molecule is Clc1ccc(CN2CCN(/N=C\c3cccc(OCc4ccccc4)c3)CC2)cc1. The highest BCUT2D eigenvalue weighted by Gasteiger charge is 2.15. The molecule has 0 atom stereocenters. The van der Waals surface area contributed by atoms with E-state index in [1.807, 2.05) is 54.7 Å². The van der Waals surface area contributed by atoms with Gasteiger partial charge >= 0.3 is 0 Å². The average Bonchev–Trinajstić information content (AvgIpc) is 2.80. The van der Waals surface area contributed by atoms with Gasteiger partial charge in [0, 0.05) is 37.7 Å². The van der Waals surface area contributed by atoms with Crippen LogP contribution in [-0.2, 0) is 13.2 Å². The highest BCUT2D eigenvalue weighted by molar-refractivity contribution is 6.30. The number of hydrogen-bond acceptors (Lipinski definition) is 4.